The van der Waals surface area contributed by atoms with Gasteiger partial charge < -0.3 is 4.55 Å². The van der Waals surface area contributed by atoms with Crippen LogP contribution in [0.3, 0.4) is 0 Å². The second kappa shape index (κ2) is 1.96. The predicted molar refractivity (Wildman–Crippen MR) is 36.0 cm³/mol. The molecule has 2 rings (SSSR count). The Kier molecular flexibility index (Phi) is 1.12. The van der Waals surface area contributed by atoms with Gasteiger partial charge in [0.15, 0.2) is 5.52 Å². The molecular formula is C5H3N3OS. The number of hydrogen-bond donors (Lipinski definition) is 0. The van der Waals surface area contributed by atoms with Gasteiger partial charge in [-0.1, -0.05) is 0 Å². The van der Waals surface area contributed by atoms with Crippen LogP contribution in [-0.4, -0.2) is 19.5 Å². The average molecular weight is 153 g/mol. The summed E-state index contributed by atoms with van der Waals surface area (Å²) in [5.74, 6) is 0. The van der Waals surface area contributed by atoms with Crippen molar-refractivity contribution in [3.8, 4) is 0 Å². The summed E-state index contributed by atoms with van der Waals surface area (Å²) in [4.78, 5) is 11.9. The molecule has 2 aromatic heterocycles. The van der Waals surface area contributed by atoms with Gasteiger partial charge >= 0.3 is 0 Å². The zero-order valence-corrected chi connectivity index (χ0v) is 5.71. The van der Waals surface area contributed by atoms with Crippen molar-refractivity contribution >= 4 is 21.1 Å². The summed E-state index contributed by atoms with van der Waals surface area (Å²) >= 11 is 0. The van der Waals surface area contributed by atoms with Crippen molar-refractivity contribution in [1.29, 1.82) is 0 Å². The van der Waals surface area contributed by atoms with Gasteiger partial charge in [-0.25, -0.2) is 4.98 Å². The van der Waals surface area contributed by atoms with E-state index in [2.05, 4.69) is 15.0 Å². The third-order valence-electron chi connectivity index (χ3n) is 1.14. The van der Waals surface area contributed by atoms with Crippen LogP contribution in [-0.2, 0) is 0 Å². The lowest BCUT2D eigenvalue weighted by Crippen LogP contribution is -1.75. The van der Waals surface area contributed by atoms with Gasteiger partial charge in [0.1, 0.15) is 6.33 Å². The monoisotopic (exact) mass is 153 g/mol. The number of thiazole rings is 1. The first kappa shape index (κ1) is 5.70. The molecule has 4 nitrogen and oxygen atoms in total. The molecule has 0 saturated carbocycles. The average Bonchev–Trinajstić information content (AvgIpc) is 2.34. The molecule has 0 radical (unpaired) electrons. The van der Waals surface area contributed by atoms with Crippen LogP contribution < -0.4 is 0 Å². The van der Waals surface area contributed by atoms with Crippen molar-refractivity contribution in [2.45, 2.75) is 0 Å². The lowest BCUT2D eigenvalue weighted by Gasteiger charge is -1.83. The summed E-state index contributed by atoms with van der Waals surface area (Å²) in [6, 6.07) is 0. The van der Waals surface area contributed by atoms with Crippen LogP contribution >= 0.6 is 10.8 Å². The highest BCUT2D eigenvalue weighted by molar-refractivity contribution is 7.29. The Labute approximate surface area is 59.4 Å². The fourth-order valence-electron chi connectivity index (χ4n) is 0.709. The maximum Gasteiger partial charge on any atom is 0.296 e. The van der Waals surface area contributed by atoms with E-state index in [0.717, 1.165) is 0 Å². The first-order valence-electron chi connectivity index (χ1n) is 2.63. The molecule has 0 N–H and O–H groups in total. The Morgan fingerprint density at radius 2 is 2.30 bits per heavy atom. The summed E-state index contributed by atoms with van der Waals surface area (Å²) < 4.78 is 10.9. The quantitative estimate of drug-likeness (QED) is 0.524. The van der Waals surface area contributed by atoms with Crippen LogP contribution in [0.15, 0.2) is 18.0 Å². The van der Waals surface area contributed by atoms with E-state index in [1.54, 1.807) is 6.20 Å². The SMILES string of the molecule is [O-][s+]1cnc2cncnc21. The van der Waals surface area contributed by atoms with Gasteiger partial charge in [-0.2, -0.15) is 9.97 Å². The van der Waals surface area contributed by atoms with E-state index in [1.807, 2.05) is 0 Å². The molecule has 0 fully saturated rings. The molecule has 0 aliphatic heterocycles. The number of fused-ring (bicyclic) bond motifs is 1. The van der Waals surface area contributed by atoms with Crippen molar-refractivity contribution in [3.05, 3.63) is 18.0 Å². The molecule has 0 aliphatic rings. The highest BCUT2D eigenvalue weighted by atomic mass is 32.2. The van der Waals surface area contributed by atoms with E-state index >= 15 is 0 Å². The minimum Gasteiger partial charge on any atom is -0.588 e. The minimum absolute atomic E-state index is 0.509. The molecule has 0 aromatic carbocycles. The van der Waals surface area contributed by atoms with Gasteiger partial charge in [0, 0.05) is 0 Å². The van der Waals surface area contributed by atoms with Crippen LogP contribution in [0.1, 0.15) is 0 Å². The number of hydrogen-bond acceptors (Lipinski definition) is 4. The van der Waals surface area contributed by atoms with Crippen LogP contribution in [0.5, 0.6) is 0 Å². The van der Waals surface area contributed by atoms with Gasteiger partial charge in [0.2, 0.25) is 5.51 Å². The fourth-order valence-corrected chi connectivity index (χ4v) is 1.48. The molecule has 2 aromatic rings. The maximum absolute atomic E-state index is 10.9. The van der Waals surface area contributed by atoms with Crippen molar-refractivity contribution < 1.29 is 4.55 Å². The first-order valence-corrected chi connectivity index (χ1v) is 3.84. The minimum atomic E-state index is -1.14. The fraction of sp³-hybridized carbons (Fsp3) is 0. The summed E-state index contributed by atoms with van der Waals surface area (Å²) in [6.45, 7) is 0. The van der Waals surface area contributed by atoms with E-state index in [9.17, 15) is 4.55 Å². The molecule has 2 heterocycles. The van der Waals surface area contributed by atoms with Gasteiger partial charge in [0.05, 0.1) is 6.20 Å². The smallest absolute Gasteiger partial charge is 0.296 e. The maximum atomic E-state index is 10.9. The largest absolute Gasteiger partial charge is 0.588 e. The molecule has 1 unspecified atom stereocenters. The highest BCUT2D eigenvalue weighted by Gasteiger charge is 2.05. The topological polar surface area (TPSA) is 61.7 Å². The predicted octanol–water partition coefficient (Wildman–Crippen LogP) is 0.752. The van der Waals surface area contributed by atoms with Crippen molar-refractivity contribution in [2.75, 3.05) is 0 Å². The Balaban J connectivity index is 2.93. The van der Waals surface area contributed by atoms with Crippen LogP contribution in [0.4, 0.5) is 0 Å². The highest BCUT2D eigenvalue weighted by Crippen LogP contribution is 2.21. The van der Waals surface area contributed by atoms with Gasteiger partial charge in [0.25, 0.3) is 4.83 Å². The molecule has 0 amide bonds. The van der Waals surface area contributed by atoms with E-state index in [0.29, 0.717) is 10.3 Å². The van der Waals surface area contributed by atoms with E-state index in [1.165, 1.54) is 11.8 Å². The molecule has 5 heteroatoms. The second-order valence-electron chi connectivity index (χ2n) is 1.75. The van der Waals surface area contributed by atoms with Gasteiger partial charge in [-0.3, -0.25) is 0 Å². The number of rotatable bonds is 0. The lowest BCUT2D eigenvalue weighted by molar-refractivity contribution is 0.599. The number of aromatic nitrogens is 3. The Morgan fingerprint density at radius 1 is 1.40 bits per heavy atom. The Hall–Kier alpha value is -1.07. The summed E-state index contributed by atoms with van der Waals surface area (Å²) in [5.41, 5.74) is 1.97. The molecular weight excluding hydrogens is 150 g/mol. The Morgan fingerprint density at radius 3 is 3.10 bits per heavy atom. The molecule has 0 saturated heterocycles. The molecule has 10 heavy (non-hydrogen) atoms. The van der Waals surface area contributed by atoms with Crippen molar-refractivity contribution in [1.82, 2.24) is 15.0 Å². The van der Waals surface area contributed by atoms with Crippen LogP contribution in [0, 0.1) is 0 Å². The third kappa shape index (κ3) is 0.680. The standard InChI is InChI=1S/C5H3N3OS/c9-10-3-8-4-1-6-2-7-5(4)10/h1-3H. The van der Waals surface area contributed by atoms with E-state index in [4.69, 9.17) is 0 Å². The zero-order chi connectivity index (χ0) is 6.97. The first-order chi connectivity index (χ1) is 4.88. The van der Waals surface area contributed by atoms with E-state index < -0.39 is 10.8 Å². The lowest BCUT2D eigenvalue weighted by atomic mass is 10.6. The van der Waals surface area contributed by atoms with Crippen molar-refractivity contribution in [3.63, 3.8) is 0 Å². The van der Waals surface area contributed by atoms with Gasteiger partial charge in [-0.15, -0.1) is 0 Å². The summed E-state index contributed by atoms with van der Waals surface area (Å²) in [5, 5.41) is 0. The molecule has 0 bridgehead atoms. The van der Waals surface area contributed by atoms with Crippen LogP contribution in [0.2, 0.25) is 0 Å². The third-order valence-corrected chi connectivity index (χ3v) is 2.13. The second-order valence-corrected chi connectivity index (χ2v) is 2.94. The molecule has 0 spiro atoms. The molecule has 0 aliphatic carbocycles. The van der Waals surface area contributed by atoms with Gasteiger partial charge in [-0.05, 0) is 10.8 Å². The van der Waals surface area contributed by atoms with Crippen LogP contribution in [0.25, 0.3) is 10.3 Å². The zero-order valence-electron chi connectivity index (χ0n) is 4.89. The van der Waals surface area contributed by atoms with Crippen molar-refractivity contribution in [2.24, 2.45) is 0 Å². The molecule has 50 valence electrons. The summed E-state index contributed by atoms with van der Waals surface area (Å²) in [6.07, 6.45) is 2.91. The molecule has 1 atom stereocenters. The number of nitrogens with zero attached hydrogens (tertiary/aromatic N) is 3. The normalized spacial score (nSPS) is 12.3. The Bertz CT molecular complexity index is 358. The summed E-state index contributed by atoms with van der Waals surface area (Å²) in [7, 11) is -1.14. The van der Waals surface area contributed by atoms with E-state index in [-0.39, 0.29) is 0 Å².